The zero-order chi connectivity index (χ0) is 16.7. The molecule has 5 nitrogen and oxygen atoms in total. The van der Waals surface area contributed by atoms with Crippen molar-refractivity contribution in [3.05, 3.63) is 29.8 Å². The van der Waals surface area contributed by atoms with Crippen molar-refractivity contribution in [3.63, 3.8) is 0 Å². The molecule has 1 aliphatic heterocycles. The Hall–Kier alpha value is -1.75. The highest BCUT2D eigenvalue weighted by molar-refractivity contribution is 5.79. The number of hydrogen-bond acceptors (Lipinski definition) is 3. The molecule has 0 radical (unpaired) electrons. The zero-order valence-corrected chi connectivity index (χ0v) is 14.7. The minimum Gasteiger partial charge on any atom is -0.489 e. The molecule has 1 saturated heterocycles. The lowest BCUT2D eigenvalue weighted by atomic mass is 10.1. The first-order valence-corrected chi connectivity index (χ1v) is 8.32. The molecule has 2 rings (SSSR count). The van der Waals surface area contributed by atoms with Crippen molar-refractivity contribution >= 4 is 5.96 Å². The van der Waals surface area contributed by atoms with E-state index in [0.717, 1.165) is 43.5 Å². The van der Waals surface area contributed by atoms with E-state index in [1.807, 2.05) is 25.2 Å². The van der Waals surface area contributed by atoms with Gasteiger partial charge < -0.3 is 19.7 Å². The number of aliphatic imine (C=N–C) groups is 1. The fraction of sp³-hybridized carbons (Fsp3) is 0.611. The van der Waals surface area contributed by atoms with Gasteiger partial charge in [-0.05, 0) is 31.9 Å². The third-order valence-electron chi connectivity index (χ3n) is 4.10. The highest BCUT2D eigenvalue weighted by Gasteiger charge is 2.19. The van der Waals surface area contributed by atoms with E-state index in [2.05, 4.69) is 42.2 Å². The molecule has 1 heterocycles. The van der Waals surface area contributed by atoms with E-state index in [9.17, 15) is 0 Å². The van der Waals surface area contributed by atoms with Crippen LogP contribution in [-0.4, -0.2) is 57.4 Å². The molecule has 23 heavy (non-hydrogen) atoms. The minimum atomic E-state index is 0.0658. The van der Waals surface area contributed by atoms with Gasteiger partial charge in [-0.25, -0.2) is 0 Å². The predicted octanol–water partition coefficient (Wildman–Crippen LogP) is 2.31. The molecular weight excluding hydrogens is 290 g/mol. The molecule has 0 bridgehead atoms. The third kappa shape index (κ3) is 5.43. The Morgan fingerprint density at radius 1 is 1.48 bits per heavy atom. The van der Waals surface area contributed by atoms with E-state index in [0.29, 0.717) is 12.5 Å². The average molecular weight is 319 g/mol. The van der Waals surface area contributed by atoms with Crippen molar-refractivity contribution < 1.29 is 9.47 Å². The third-order valence-corrected chi connectivity index (χ3v) is 4.10. The van der Waals surface area contributed by atoms with Crippen molar-refractivity contribution in [1.29, 1.82) is 0 Å². The number of ether oxygens (including phenoxy) is 2. The SMILES string of the molecule is CN=C(NCC(C)Oc1ccccc1C)N(C)CC1CCOC1. The van der Waals surface area contributed by atoms with Crippen LogP contribution in [0.5, 0.6) is 5.75 Å². The molecule has 0 aromatic heterocycles. The van der Waals surface area contributed by atoms with Crippen LogP contribution in [0, 0.1) is 12.8 Å². The molecule has 1 N–H and O–H groups in total. The fourth-order valence-corrected chi connectivity index (χ4v) is 2.77. The maximum Gasteiger partial charge on any atom is 0.193 e. The highest BCUT2D eigenvalue weighted by atomic mass is 16.5. The number of benzene rings is 1. The van der Waals surface area contributed by atoms with Crippen LogP contribution < -0.4 is 10.1 Å². The molecule has 0 amide bonds. The normalized spacial score (nSPS) is 19.5. The summed E-state index contributed by atoms with van der Waals surface area (Å²) in [6.07, 6.45) is 1.20. The van der Waals surface area contributed by atoms with Gasteiger partial charge in [0.15, 0.2) is 5.96 Å². The number of aryl methyl sites for hydroxylation is 1. The van der Waals surface area contributed by atoms with Crippen LogP contribution in [-0.2, 0) is 4.74 Å². The summed E-state index contributed by atoms with van der Waals surface area (Å²) in [5.74, 6) is 2.43. The monoisotopic (exact) mass is 319 g/mol. The van der Waals surface area contributed by atoms with Gasteiger partial charge in [-0.2, -0.15) is 0 Å². The smallest absolute Gasteiger partial charge is 0.193 e. The molecule has 2 unspecified atom stereocenters. The number of para-hydroxylation sites is 1. The summed E-state index contributed by atoms with van der Waals surface area (Å²) >= 11 is 0. The van der Waals surface area contributed by atoms with E-state index < -0.39 is 0 Å². The van der Waals surface area contributed by atoms with Gasteiger partial charge in [-0.1, -0.05) is 18.2 Å². The fourth-order valence-electron chi connectivity index (χ4n) is 2.77. The number of guanidine groups is 1. The molecule has 1 fully saturated rings. The Morgan fingerprint density at radius 3 is 2.91 bits per heavy atom. The molecule has 0 aliphatic carbocycles. The largest absolute Gasteiger partial charge is 0.489 e. The van der Waals surface area contributed by atoms with Crippen LogP contribution in [0.15, 0.2) is 29.3 Å². The van der Waals surface area contributed by atoms with Crippen LogP contribution in [0.3, 0.4) is 0 Å². The molecule has 2 atom stereocenters. The van der Waals surface area contributed by atoms with Crippen molar-refractivity contribution in [1.82, 2.24) is 10.2 Å². The molecule has 1 aromatic rings. The van der Waals surface area contributed by atoms with Crippen LogP contribution in [0.4, 0.5) is 0 Å². The lowest BCUT2D eigenvalue weighted by molar-refractivity contribution is 0.180. The van der Waals surface area contributed by atoms with Crippen LogP contribution in [0.1, 0.15) is 18.9 Å². The topological polar surface area (TPSA) is 46.1 Å². The van der Waals surface area contributed by atoms with E-state index in [4.69, 9.17) is 9.47 Å². The zero-order valence-electron chi connectivity index (χ0n) is 14.7. The van der Waals surface area contributed by atoms with Crippen molar-refractivity contribution in [2.45, 2.75) is 26.4 Å². The van der Waals surface area contributed by atoms with E-state index in [1.54, 1.807) is 0 Å². The molecular formula is C18H29N3O2. The minimum absolute atomic E-state index is 0.0658. The Labute approximate surface area is 139 Å². The second-order valence-electron chi connectivity index (χ2n) is 6.23. The van der Waals surface area contributed by atoms with E-state index in [1.165, 1.54) is 0 Å². The van der Waals surface area contributed by atoms with Gasteiger partial charge in [0.05, 0.1) is 13.2 Å². The maximum atomic E-state index is 6.00. The predicted molar refractivity (Wildman–Crippen MR) is 94.2 cm³/mol. The van der Waals surface area contributed by atoms with E-state index >= 15 is 0 Å². The molecule has 1 aliphatic rings. The quantitative estimate of drug-likeness (QED) is 0.645. The Kier molecular flexibility index (Phi) is 6.71. The molecule has 0 saturated carbocycles. The van der Waals surface area contributed by atoms with Gasteiger partial charge in [0, 0.05) is 33.2 Å². The van der Waals surface area contributed by atoms with Gasteiger partial charge in [0.25, 0.3) is 0 Å². The number of nitrogens with zero attached hydrogens (tertiary/aromatic N) is 2. The molecule has 5 heteroatoms. The first-order chi connectivity index (χ1) is 11.1. The Balaban J connectivity index is 1.79. The summed E-state index contributed by atoms with van der Waals surface area (Å²) < 4.78 is 11.4. The molecule has 0 spiro atoms. The summed E-state index contributed by atoms with van der Waals surface area (Å²) in [5, 5.41) is 3.39. The van der Waals surface area contributed by atoms with Crippen molar-refractivity contribution in [3.8, 4) is 5.75 Å². The maximum absolute atomic E-state index is 6.00. The standard InChI is InChI=1S/C18H29N3O2/c1-14-7-5-6-8-17(14)23-15(2)11-20-18(19-3)21(4)12-16-9-10-22-13-16/h5-8,15-16H,9-13H2,1-4H3,(H,19,20). The van der Waals surface area contributed by atoms with E-state index in [-0.39, 0.29) is 6.10 Å². The van der Waals surface area contributed by atoms with Gasteiger partial charge in [0.2, 0.25) is 0 Å². The Bertz CT molecular complexity index is 513. The molecule has 1 aromatic carbocycles. The lowest BCUT2D eigenvalue weighted by Gasteiger charge is -2.26. The summed E-state index contributed by atoms with van der Waals surface area (Å²) in [6, 6.07) is 8.09. The first-order valence-electron chi connectivity index (χ1n) is 8.32. The summed E-state index contributed by atoms with van der Waals surface area (Å²) in [6.45, 7) is 7.54. The number of nitrogens with one attached hydrogen (secondary N) is 1. The summed E-state index contributed by atoms with van der Waals surface area (Å²) in [4.78, 5) is 6.53. The van der Waals surface area contributed by atoms with Gasteiger partial charge in [-0.3, -0.25) is 4.99 Å². The average Bonchev–Trinajstić information content (AvgIpc) is 3.03. The second kappa shape index (κ2) is 8.77. The van der Waals surface area contributed by atoms with Gasteiger partial charge in [0.1, 0.15) is 11.9 Å². The van der Waals surface area contributed by atoms with Crippen LogP contribution in [0.2, 0.25) is 0 Å². The molecule has 128 valence electrons. The highest BCUT2D eigenvalue weighted by Crippen LogP contribution is 2.17. The lowest BCUT2D eigenvalue weighted by Crippen LogP contribution is -2.44. The first kappa shape index (κ1) is 17.6. The second-order valence-corrected chi connectivity index (χ2v) is 6.23. The van der Waals surface area contributed by atoms with Gasteiger partial charge in [-0.15, -0.1) is 0 Å². The van der Waals surface area contributed by atoms with Crippen LogP contribution >= 0.6 is 0 Å². The number of hydrogen-bond donors (Lipinski definition) is 1. The Morgan fingerprint density at radius 2 is 2.26 bits per heavy atom. The van der Waals surface area contributed by atoms with Crippen molar-refractivity contribution in [2.75, 3.05) is 40.4 Å². The van der Waals surface area contributed by atoms with Crippen LogP contribution in [0.25, 0.3) is 0 Å². The van der Waals surface area contributed by atoms with Gasteiger partial charge >= 0.3 is 0 Å². The summed E-state index contributed by atoms with van der Waals surface area (Å²) in [5.41, 5.74) is 1.15. The summed E-state index contributed by atoms with van der Waals surface area (Å²) in [7, 11) is 3.89. The van der Waals surface area contributed by atoms with Crippen molar-refractivity contribution in [2.24, 2.45) is 10.9 Å². The number of rotatable bonds is 6.